The number of aromatic nitrogens is 1. The van der Waals surface area contributed by atoms with Crippen LogP contribution in [0.25, 0.3) is 0 Å². The molecular formula is C21H25ClN4O3. The second kappa shape index (κ2) is 8.16. The molecule has 0 spiro atoms. The Kier molecular flexibility index (Phi) is 5.61. The van der Waals surface area contributed by atoms with E-state index in [9.17, 15) is 9.59 Å². The van der Waals surface area contributed by atoms with Crippen molar-refractivity contribution in [3.05, 3.63) is 46.3 Å². The highest BCUT2D eigenvalue weighted by Crippen LogP contribution is 2.32. The molecule has 0 radical (unpaired) electrons. The molecule has 0 saturated carbocycles. The number of benzene rings is 1. The highest BCUT2D eigenvalue weighted by Gasteiger charge is 2.42. The largest absolute Gasteiger partial charge is 0.361 e. The third-order valence-corrected chi connectivity index (χ3v) is 6.35. The number of anilines is 1. The summed E-state index contributed by atoms with van der Waals surface area (Å²) in [6, 6.07) is 5.54. The van der Waals surface area contributed by atoms with Crippen LogP contribution in [0.2, 0.25) is 5.02 Å². The topological polar surface area (TPSA) is 78.7 Å². The zero-order chi connectivity index (χ0) is 20.5. The van der Waals surface area contributed by atoms with Gasteiger partial charge in [-0.15, -0.1) is 0 Å². The van der Waals surface area contributed by atoms with Crippen LogP contribution in [0.4, 0.5) is 5.69 Å². The number of amides is 2. The summed E-state index contributed by atoms with van der Waals surface area (Å²) in [6.07, 6.45) is 1.94. The molecule has 2 amide bonds. The van der Waals surface area contributed by atoms with Crippen molar-refractivity contribution >= 4 is 29.1 Å². The van der Waals surface area contributed by atoms with Gasteiger partial charge in [0.15, 0.2) is 0 Å². The number of aryl methyl sites for hydroxylation is 2. The number of likely N-dealkylation sites (tertiary alicyclic amines) is 2. The molecule has 1 aromatic carbocycles. The number of rotatable bonds is 5. The van der Waals surface area contributed by atoms with Crippen molar-refractivity contribution in [3.63, 3.8) is 0 Å². The van der Waals surface area contributed by atoms with E-state index in [0.29, 0.717) is 34.6 Å². The van der Waals surface area contributed by atoms with E-state index >= 15 is 0 Å². The van der Waals surface area contributed by atoms with Crippen LogP contribution in [0.5, 0.6) is 0 Å². The Labute approximate surface area is 175 Å². The summed E-state index contributed by atoms with van der Waals surface area (Å²) in [5.74, 6) is 1.47. The average molecular weight is 417 g/mol. The van der Waals surface area contributed by atoms with Crippen molar-refractivity contribution in [1.82, 2.24) is 15.0 Å². The number of hydrogen-bond acceptors (Lipinski definition) is 5. The summed E-state index contributed by atoms with van der Waals surface area (Å²) in [6.45, 7) is 7.74. The molecule has 0 bridgehead atoms. The molecule has 29 heavy (non-hydrogen) atoms. The van der Waals surface area contributed by atoms with E-state index in [1.54, 1.807) is 13.0 Å². The fraction of sp³-hybridized carbons (Fsp3) is 0.476. The highest BCUT2D eigenvalue weighted by molar-refractivity contribution is 6.31. The number of fused-ring (bicyclic) bond motifs is 1. The first-order valence-electron chi connectivity index (χ1n) is 9.89. The van der Waals surface area contributed by atoms with Gasteiger partial charge in [-0.1, -0.05) is 22.8 Å². The highest BCUT2D eigenvalue weighted by atomic mass is 35.5. The first-order valence-corrected chi connectivity index (χ1v) is 10.3. The van der Waals surface area contributed by atoms with Gasteiger partial charge in [-0.05, 0) is 43.4 Å². The maximum Gasteiger partial charge on any atom is 0.259 e. The first-order chi connectivity index (χ1) is 13.9. The van der Waals surface area contributed by atoms with Crippen molar-refractivity contribution in [2.45, 2.75) is 20.3 Å². The maximum absolute atomic E-state index is 12.6. The van der Waals surface area contributed by atoms with Crippen LogP contribution in [0.3, 0.4) is 0 Å². The van der Waals surface area contributed by atoms with Gasteiger partial charge in [0.2, 0.25) is 5.91 Å². The van der Waals surface area contributed by atoms with Gasteiger partial charge in [0, 0.05) is 49.9 Å². The SMILES string of the molecule is Cc1ccc(NC(=O)CCN2CC3CN(C(=O)c4cnoc4C)CC3C2)cc1Cl. The second-order valence-electron chi connectivity index (χ2n) is 8.05. The molecular weight excluding hydrogens is 392 g/mol. The third-order valence-electron chi connectivity index (χ3n) is 5.94. The van der Waals surface area contributed by atoms with E-state index in [2.05, 4.69) is 15.4 Å². The standard InChI is InChI=1S/C21H25ClN4O3/c1-13-3-4-17(7-19(13)22)24-20(27)5-6-25-9-15-11-26(12-16(15)10-25)21(28)18-8-23-29-14(18)2/h3-4,7-8,15-16H,5-6,9-12H2,1-2H3,(H,24,27). The number of halogens is 1. The Bertz CT molecular complexity index is 914. The Balaban J connectivity index is 1.23. The lowest BCUT2D eigenvalue weighted by atomic mass is 10.0. The van der Waals surface area contributed by atoms with Crippen LogP contribution in [0.15, 0.2) is 28.9 Å². The number of carbonyl (C=O) groups excluding carboxylic acids is 2. The van der Waals surface area contributed by atoms with Crippen LogP contribution in [0.1, 0.15) is 28.1 Å². The molecule has 2 fully saturated rings. The number of nitrogens with one attached hydrogen (secondary N) is 1. The molecule has 1 aromatic heterocycles. The van der Waals surface area contributed by atoms with Crippen LogP contribution in [-0.2, 0) is 4.79 Å². The lowest BCUT2D eigenvalue weighted by Gasteiger charge is -2.21. The summed E-state index contributed by atoms with van der Waals surface area (Å²) < 4.78 is 5.01. The number of hydrogen-bond donors (Lipinski definition) is 1. The van der Waals surface area contributed by atoms with Gasteiger partial charge >= 0.3 is 0 Å². The van der Waals surface area contributed by atoms with Crippen LogP contribution in [0, 0.1) is 25.7 Å². The second-order valence-corrected chi connectivity index (χ2v) is 8.45. The smallest absolute Gasteiger partial charge is 0.259 e. The van der Waals surface area contributed by atoms with Crippen molar-refractivity contribution in [2.24, 2.45) is 11.8 Å². The average Bonchev–Trinajstić information content (AvgIpc) is 3.37. The van der Waals surface area contributed by atoms with Gasteiger partial charge in [-0.3, -0.25) is 9.59 Å². The summed E-state index contributed by atoms with van der Waals surface area (Å²) in [4.78, 5) is 29.1. The molecule has 2 atom stereocenters. The Morgan fingerprint density at radius 1 is 1.21 bits per heavy atom. The predicted octanol–water partition coefficient (Wildman–Crippen LogP) is 2.98. The molecule has 1 N–H and O–H groups in total. The predicted molar refractivity (Wildman–Crippen MR) is 110 cm³/mol. The van der Waals surface area contributed by atoms with Crippen LogP contribution >= 0.6 is 11.6 Å². The molecule has 7 nitrogen and oxygen atoms in total. The molecule has 2 unspecified atom stereocenters. The summed E-state index contributed by atoms with van der Waals surface area (Å²) in [5, 5.41) is 7.26. The lowest BCUT2D eigenvalue weighted by molar-refractivity contribution is -0.116. The molecule has 0 aliphatic carbocycles. The van der Waals surface area contributed by atoms with Gasteiger partial charge in [-0.25, -0.2) is 0 Å². The number of carbonyl (C=O) groups is 2. The zero-order valence-electron chi connectivity index (χ0n) is 16.7. The minimum atomic E-state index is -0.0123. The normalized spacial score (nSPS) is 21.4. The van der Waals surface area contributed by atoms with E-state index < -0.39 is 0 Å². The zero-order valence-corrected chi connectivity index (χ0v) is 17.4. The van der Waals surface area contributed by atoms with E-state index in [-0.39, 0.29) is 11.8 Å². The van der Waals surface area contributed by atoms with Gasteiger partial charge in [0.25, 0.3) is 5.91 Å². The monoisotopic (exact) mass is 416 g/mol. The van der Waals surface area contributed by atoms with E-state index in [1.807, 2.05) is 24.0 Å². The van der Waals surface area contributed by atoms with E-state index in [1.165, 1.54) is 6.20 Å². The van der Waals surface area contributed by atoms with Crippen molar-refractivity contribution in [1.29, 1.82) is 0 Å². The fourth-order valence-corrected chi connectivity index (χ4v) is 4.45. The van der Waals surface area contributed by atoms with Gasteiger partial charge in [0.05, 0.1) is 6.20 Å². The summed E-state index contributed by atoms with van der Waals surface area (Å²) in [5.41, 5.74) is 2.26. The molecule has 3 heterocycles. The minimum Gasteiger partial charge on any atom is -0.361 e. The minimum absolute atomic E-state index is 0.000774. The Morgan fingerprint density at radius 2 is 1.93 bits per heavy atom. The molecule has 154 valence electrons. The van der Waals surface area contributed by atoms with Crippen LogP contribution < -0.4 is 5.32 Å². The van der Waals surface area contributed by atoms with Crippen molar-refractivity contribution in [2.75, 3.05) is 38.0 Å². The summed E-state index contributed by atoms with van der Waals surface area (Å²) in [7, 11) is 0. The van der Waals surface area contributed by atoms with Gasteiger partial charge < -0.3 is 19.6 Å². The van der Waals surface area contributed by atoms with E-state index in [0.717, 1.165) is 44.0 Å². The van der Waals surface area contributed by atoms with Crippen LogP contribution in [-0.4, -0.2) is 59.5 Å². The molecule has 8 heteroatoms. The fourth-order valence-electron chi connectivity index (χ4n) is 4.27. The molecule has 2 aliphatic heterocycles. The lowest BCUT2D eigenvalue weighted by Crippen LogP contribution is -2.34. The quantitative estimate of drug-likeness (QED) is 0.810. The summed E-state index contributed by atoms with van der Waals surface area (Å²) >= 11 is 6.11. The van der Waals surface area contributed by atoms with E-state index in [4.69, 9.17) is 16.1 Å². The van der Waals surface area contributed by atoms with Gasteiger partial charge in [-0.2, -0.15) is 0 Å². The Morgan fingerprint density at radius 3 is 2.55 bits per heavy atom. The Hall–Kier alpha value is -2.38. The van der Waals surface area contributed by atoms with Crippen molar-refractivity contribution in [3.8, 4) is 0 Å². The molecule has 4 rings (SSSR count). The number of nitrogens with zero attached hydrogens (tertiary/aromatic N) is 3. The molecule has 2 aromatic rings. The maximum atomic E-state index is 12.6. The third kappa shape index (κ3) is 4.31. The first kappa shape index (κ1) is 19.9. The molecule has 2 saturated heterocycles. The molecule has 2 aliphatic rings. The van der Waals surface area contributed by atoms with Gasteiger partial charge in [0.1, 0.15) is 11.3 Å². The van der Waals surface area contributed by atoms with Crippen molar-refractivity contribution < 1.29 is 14.1 Å².